The van der Waals surface area contributed by atoms with Crippen molar-refractivity contribution in [2.24, 2.45) is 0 Å². The molecule has 1 aromatic carbocycles. The first kappa shape index (κ1) is 13.1. The van der Waals surface area contributed by atoms with E-state index in [2.05, 4.69) is 4.90 Å². The number of piperidine rings is 1. The molecule has 1 heterocycles. The Bertz CT molecular complexity index is 410. The fourth-order valence-electron chi connectivity index (χ4n) is 2.62. The van der Waals surface area contributed by atoms with E-state index in [9.17, 15) is 15.0 Å². The summed E-state index contributed by atoms with van der Waals surface area (Å²) in [6.45, 7) is 1.46. The lowest BCUT2D eigenvalue weighted by molar-refractivity contribution is -0.148. The lowest BCUT2D eigenvalue weighted by atomic mass is 9.76. The third-order valence-electron chi connectivity index (χ3n) is 3.77. The number of carboxylic acid groups (broad SMARTS) is 1. The van der Waals surface area contributed by atoms with Crippen LogP contribution in [-0.4, -0.2) is 46.8 Å². The average Bonchev–Trinajstić information content (AvgIpc) is 2.34. The predicted octanol–water partition coefficient (Wildman–Crippen LogP) is 1.31. The number of benzene rings is 1. The van der Waals surface area contributed by atoms with Gasteiger partial charge in [0.05, 0.1) is 5.60 Å². The minimum atomic E-state index is -1.14. The van der Waals surface area contributed by atoms with E-state index >= 15 is 0 Å². The summed E-state index contributed by atoms with van der Waals surface area (Å²) in [6, 6.07) is 9.01. The highest BCUT2D eigenvalue weighted by Gasteiger charge is 2.44. The smallest absolute Gasteiger partial charge is 0.313 e. The van der Waals surface area contributed by atoms with Gasteiger partial charge in [0.1, 0.15) is 5.92 Å². The first-order valence-corrected chi connectivity index (χ1v) is 6.21. The van der Waals surface area contributed by atoms with E-state index in [-0.39, 0.29) is 0 Å². The van der Waals surface area contributed by atoms with Gasteiger partial charge >= 0.3 is 5.97 Å². The maximum absolute atomic E-state index is 11.5. The number of nitrogens with zero attached hydrogens (tertiary/aromatic N) is 1. The van der Waals surface area contributed by atoms with E-state index in [1.54, 1.807) is 12.1 Å². The number of likely N-dealkylation sites (tertiary alicyclic amines) is 1. The van der Waals surface area contributed by atoms with Gasteiger partial charge in [-0.05, 0) is 25.5 Å². The van der Waals surface area contributed by atoms with E-state index in [0.717, 1.165) is 13.1 Å². The lowest BCUT2D eigenvalue weighted by Gasteiger charge is -2.40. The number of hydrogen-bond acceptors (Lipinski definition) is 3. The van der Waals surface area contributed by atoms with Gasteiger partial charge in [0.25, 0.3) is 0 Å². The molecule has 0 amide bonds. The van der Waals surface area contributed by atoms with E-state index in [0.29, 0.717) is 18.4 Å². The molecule has 18 heavy (non-hydrogen) atoms. The predicted molar refractivity (Wildman–Crippen MR) is 68.5 cm³/mol. The van der Waals surface area contributed by atoms with Crippen molar-refractivity contribution >= 4 is 5.97 Å². The SMILES string of the molecule is CN1CCC(O)([C@H](C(=O)O)c2ccccc2)CC1. The molecule has 1 aromatic rings. The number of carbonyl (C=O) groups is 1. The Balaban J connectivity index is 2.28. The van der Waals surface area contributed by atoms with Crippen molar-refractivity contribution in [2.45, 2.75) is 24.4 Å². The van der Waals surface area contributed by atoms with E-state index in [4.69, 9.17) is 0 Å². The van der Waals surface area contributed by atoms with Gasteiger partial charge in [-0.3, -0.25) is 4.79 Å². The molecule has 0 spiro atoms. The highest BCUT2D eigenvalue weighted by atomic mass is 16.4. The molecule has 1 atom stereocenters. The fraction of sp³-hybridized carbons (Fsp3) is 0.500. The van der Waals surface area contributed by atoms with Crippen LogP contribution in [0, 0.1) is 0 Å². The van der Waals surface area contributed by atoms with Gasteiger partial charge in [0.15, 0.2) is 0 Å². The van der Waals surface area contributed by atoms with Crippen LogP contribution in [-0.2, 0) is 4.79 Å². The van der Waals surface area contributed by atoms with Crippen LogP contribution >= 0.6 is 0 Å². The summed E-state index contributed by atoms with van der Waals surface area (Å²) in [5.74, 6) is -1.79. The summed E-state index contributed by atoms with van der Waals surface area (Å²) in [7, 11) is 1.98. The molecule has 1 saturated heterocycles. The summed E-state index contributed by atoms with van der Waals surface area (Å²) in [4.78, 5) is 13.6. The average molecular weight is 249 g/mol. The second-order valence-electron chi connectivity index (χ2n) is 5.09. The molecular formula is C14H19NO3. The molecule has 1 aliphatic heterocycles. The van der Waals surface area contributed by atoms with Crippen molar-refractivity contribution in [3.8, 4) is 0 Å². The summed E-state index contributed by atoms with van der Waals surface area (Å²) in [5.41, 5.74) is -0.461. The summed E-state index contributed by atoms with van der Waals surface area (Å²) in [6.07, 6.45) is 0.991. The van der Waals surface area contributed by atoms with Crippen molar-refractivity contribution in [2.75, 3.05) is 20.1 Å². The Morgan fingerprint density at radius 1 is 1.28 bits per heavy atom. The zero-order valence-electron chi connectivity index (χ0n) is 10.5. The largest absolute Gasteiger partial charge is 0.481 e. The van der Waals surface area contributed by atoms with Gasteiger partial charge in [-0.15, -0.1) is 0 Å². The third-order valence-corrected chi connectivity index (χ3v) is 3.77. The molecule has 98 valence electrons. The molecule has 0 aromatic heterocycles. The summed E-state index contributed by atoms with van der Waals surface area (Å²) in [5, 5.41) is 20.1. The molecule has 2 N–H and O–H groups in total. The van der Waals surface area contributed by atoms with Crippen LogP contribution in [0.25, 0.3) is 0 Å². The van der Waals surface area contributed by atoms with E-state index < -0.39 is 17.5 Å². The highest BCUT2D eigenvalue weighted by molar-refractivity contribution is 5.77. The Labute approximate surface area is 107 Å². The van der Waals surface area contributed by atoms with Crippen molar-refractivity contribution in [3.63, 3.8) is 0 Å². The molecular weight excluding hydrogens is 230 g/mol. The Morgan fingerprint density at radius 2 is 1.83 bits per heavy atom. The first-order valence-electron chi connectivity index (χ1n) is 6.21. The number of aliphatic carboxylic acids is 1. The van der Waals surface area contributed by atoms with Crippen molar-refractivity contribution in [1.82, 2.24) is 4.90 Å². The van der Waals surface area contributed by atoms with Crippen molar-refractivity contribution in [1.29, 1.82) is 0 Å². The standard InChI is InChI=1S/C14H19NO3/c1-15-9-7-14(18,8-10-15)12(13(16)17)11-5-3-2-4-6-11/h2-6,12,18H,7-10H2,1H3,(H,16,17)/t12-/m0/s1. The lowest BCUT2D eigenvalue weighted by Crippen LogP contribution is -2.49. The Morgan fingerprint density at radius 3 is 2.33 bits per heavy atom. The van der Waals surface area contributed by atoms with Crippen LogP contribution in [0.4, 0.5) is 0 Å². The number of hydrogen-bond donors (Lipinski definition) is 2. The van der Waals surface area contributed by atoms with Crippen LogP contribution in [0.15, 0.2) is 30.3 Å². The Kier molecular flexibility index (Phi) is 3.68. The molecule has 0 unspecified atom stereocenters. The number of aliphatic hydroxyl groups is 1. The van der Waals surface area contributed by atoms with Gasteiger partial charge in [-0.25, -0.2) is 0 Å². The van der Waals surface area contributed by atoms with E-state index in [1.165, 1.54) is 0 Å². The highest BCUT2D eigenvalue weighted by Crippen LogP contribution is 2.36. The van der Waals surface area contributed by atoms with Gasteiger partial charge in [0, 0.05) is 13.1 Å². The van der Waals surface area contributed by atoms with Crippen LogP contribution in [0.3, 0.4) is 0 Å². The molecule has 4 nitrogen and oxygen atoms in total. The van der Waals surface area contributed by atoms with Crippen molar-refractivity contribution in [3.05, 3.63) is 35.9 Å². The normalized spacial score (nSPS) is 21.4. The topological polar surface area (TPSA) is 60.8 Å². The molecule has 0 aliphatic carbocycles. The van der Waals surface area contributed by atoms with E-state index in [1.807, 2.05) is 25.2 Å². The molecule has 4 heteroatoms. The Hall–Kier alpha value is -1.39. The molecule has 1 aliphatic rings. The minimum Gasteiger partial charge on any atom is -0.481 e. The zero-order chi connectivity index (χ0) is 13.2. The number of rotatable bonds is 3. The van der Waals surface area contributed by atoms with Crippen LogP contribution < -0.4 is 0 Å². The van der Waals surface area contributed by atoms with Crippen LogP contribution in [0.1, 0.15) is 24.3 Å². The fourth-order valence-corrected chi connectivity index (χ4v) is 2.62. The monoisotopic (exact) mass is 249 g/mol. The second kappa shape index (κ2) is 5.08. The molecule has 1 fully saturated rings. The minimum absolute atomic E-state index is 0.495. The first-order chi connectivity index (χ1) is 8.53. The van der Waals surface area contributed by atoms with Gasteiger partial charge in [-0.2, -0.15) is 0 Å². The van der Waals surface area contributed by atoms with Gasteiger partial charge in [0.2, 0.25) is 0 Å². The molecule has 0 saturated carbocycles. The molecule has 0 radical (unpaired) electrons. The van der Waals surface area contributed by atoms with Crippen molar-refractivity contribution < 1.29 is 15.0 Å². The second-order valence-corrected chi connectivity index (χ2v) is 5.09. The maximum Gasteiger partial charge on any atom is 0.313 e. The van der Waals surface area contributed by atoms with Crippen LogP contribution in [0.5, 0.6) is 0 Å². The van der Waals surface area contributed by atoms with Gasteiger partial charge in [-0.1, -0.05) is 30.3 Å². The quantitative estimate of drug-likeness (QED) is 0.848. The zero-order valence-corrected chi connectivity index (χ0v) is 10.5. The number of carboxylic acids is 1. The summed E-state index contributed by atoms with van der Waals surface area (Å²) < 4.78 is 0. The maximum atomic E-state index is 11.5. The summed E-state index contributed by atoms with van der Waals surface area (Å²) >= 11 is 0. The molecule has 0 bridgehead atoms. The van der Waals surface area contributed by atoms with Gasteiger partial charge < -0.3 is 15.1 Å². The molecule has 2 rings (SSSR count). The third kappa shape index (κ3) is 2.54. The van der Waals surface area contributed by atoms with Crippen LogP contribution in [0.2, 0.25) is 0 Å².